The van der Waals surface area contributed by atoms with E-state index in [0.717, 1.165) is 16.6 Å². The molecule has 2 aromatic rings. The Morgan fingerprint density at radius 3 is 2.85 bits per heavy atom. The molecule has 13 heavy (non-hydrogen) atoms. The highest BCUT2D eigenvalue weighted by atomic mass is 15.2. The molecule has 0 aliphatic heterocycles. The molecule has 0 fully saturated rings. The molecular formula is C10H13N3. The summed E-state index contributed by atoms with van der Waals surface area (Å²) in [7, 11) is 1.93. The van der Waals surface area contributed by atoms with Gasteiger partial charge in [-0.25, -0.2) is 0 Å². The van der Waals surface area contributed by atoms with Crippen molar-refractivity contribution in [3.8, 4) is 0 Å². The Labute approximate surface area is 77.4 Å². The quantitative estimate of drug-likeness (QED) is 0.664. The maximum absolute atomic E-state index is 4.37. The predicted octanol–water partition coefficient (Wildman–Crippen LogP) is 2.09. The van der Waals surface area contributed by atoms with Gasteiger partial charge < -0.3 is 0 Å². The monoisotopic (exact) mass is 175 g/mol. The topological polar surface area (TPSA) is 30.7 Å². The second-order valence-electron chi connectivity index (χ2n) is 3.63. The van der Waals surface area contributed by atoms with Gasteiger partial charge in [-0.1, -0.05) is 13.8 Å². The lowest BCUT2D eigenvalue weighted by molar-refractivity contribution is 0.778. The zero-order valence-corrected chi connectivity index (χ0v) is 8.15. The molecule has 0 unspecified atom stereocenters. The number of rotatable bonds is 1. The van der Waals surface area contributed by atoms with Crippen LogP contribution in [0.5, 0.6) is 0 Å². The van der Waals surface area contributed by atoms with Gasteiger partial charge in [0.15, 0.2) is 0 Å². The van der Waals surface area contributed by atoms with Crippen molar-refractivity contribution >= 4 is 10.9 Å². The van der Waals surface area contributed by atoms with Crippen LogP contribution < -0.4 is 0 Å². The highest BCUT2D eigenvalue weighted by molar-refractivity contribution is 5.77. The molecule has 0 N–H and O–H groups in total. The van der Waals surface area contributed by atoms with Crippen LogP contribution in [0, 0.1) is 0 Å². The Hall–Kier alpha value is -1.38. The number of aromatic nitrogens is 3. The largest absolute Gasteiger partial charge is 0.275 e. The van der Waals surface area contributed by atoms with Gasteiger partial charge in [-0.2, -0.15) is 5.10 Å². The molecule has 0 saturated carbocycles. The molecule has 68 valence electrons. The van der Waals surface area contributed by atoms with Gasteiger partial charge in [-0.15, -0.1) is 0 Å². The van der Waals surface area contributed by atoms with Crippen molar-refractivity contribution < 1.29 is 0 Å². The van der Waals surface area contributed by atoms with Gasteiger partial charge in [0.25, 0.3) is 0 Å². The summed E-state index contributed by atoms with van der Waals surface area (Å²) in [5, 5.41) is 5.44. The van der Waals surface area contributed by atoms with Crippen LogP contribution in [0.2, 0.25) is 0 Å². The van der Waals surface area contributed by atoms with Crippen molar-refractivity contribution in [3.63, 3.8) is 0 Å². The van der Waals surface area contributed by atoms with E-state index < -0.39 is 0 Å². The average Bonchev–Trinajstić information content (AvgIpc) is 2.42. The minimum Gasteiger partial charge on any atom is -0.275 e. The SMILES string of the molecule is CC(C)c1cc2nn(C)cc2cn1. The van der Waals surface area contributed by atoms with Gasteiger partial charge in [-0.3, -0.25) is 9.67 Å². The second kappa shape index (κ2) is 2.83. The highest BCUT2D eigenvalue weighted by Crippen LogP contribution is 2.16. The zero-order chi connectivity index (χ0) is 9.42. The normalized spacial score (nSPS) is 11.4. The fraction of sp³-hybridized carbons (Fsp3) is 0.400. The molecule has 0 aromatic carbocycles. The number of fused-ring (bicyclic) bond motifs is 1. The molecule has 0 saturated heterocycles. The maximum atomic E-state index is 4.37. The molecule has 0 atom stereocenters. The summed E-state index contributed by atoms with van der Waals surface area (Å²) < 4.78 is 1.82. The molecule has 2 heterocycles. The van der Waals surface area contributed by atoms with Crippen LogP contribution in [-0.4, -0.2) is 14.8 Å². The van der Waals surface area contributed by atoms with Crippen molar-refractivity contribution in [2.24, 2.45) is 7.05 Å². The molecular weight excluding hydrogens is 162 g/mol. The molecule has 0 radical (unpaired) electrons. The zero-order valence-electron chi connectivity index (χ0n) is 8.15. The Balaban J connectivity index is 2.61. The lowest BCUT2D eigenvalue weighted by Crippen LogP contribution is -1.91. The first-order valence-corrected chi connectivity index (χ1v) is 4.46. The van der Waals surface area contributed by atoms with E-state index >= 15 is 0 Å². The van der Waals surface area contributed by atoms with E-state index in [1.165, 1.54) is 0 Å². The fourth-order valence-corrected chi connectivity index (χ4v) is 1.37. The molecule has 0 bridgehead atoms. The van der Waals surface area contributed by atoms with Gasteiger partial charge in [0, 0.05) is 30.5 Å². The summed E-state index contributed by atoms with van der Waals surface area (Å²) in [5.41, 5.74) is 2.13. The third-order valence-electron chi connectivity index (χ3n) is 2.12. The van der Waals surface area contributed by atoms with Crippen LogP contribution in [0.15, 0.2) is 18.5 Å². The second-order valence-corrected chi connectivity index (χ2v) is 3.63. The predicted molar refractivity (Wildman–Crippen MR) is 52.6 cm³/mol. The summed E-state index contributed by atoms with van der Waals surface area (Å²) in [6.07, 6.45) is 3.87. The third-order valence-corrected chi connectivity index (χ3v) is 2.12. The Morgan fingerprint density at radius 2 is 2.15 bits per heavy atom. The van der Waals surface area contributed by atoms with E-state index in [0.29, 0.717) is 5.92 Å². The van der Waals surface area contributed by atoms with Gasteiger partial charge in [-0.05, 0) is 12.0 Å². The summed E-state index contributed by atoms with van der Waals surface area (Å²) in [6.45, 7) is 4.27. The maximum Gasteiger partial charge on any atom is 0.0956 e. The third kappa shape index (κ3) is 1.41. The number of pyridine rings is 1. The number of hydrogen-bond donors (Lipinski definition) is 0. The van der Waals surface area contributed by atoms with E-state index in [4.69, 9.17) is 0 Å². The number of nitrogens with zero attached hydrogens (tertiary/aromatic N) is 3. The van der Waals surface area contributed by atoms with Crippen LogP contribution >= 0.6 is 0 Å². The van der Waals surface area contributed by atoms with E-state index in [9.17, 15) is 0 Å². The first kappa shape index (κ1) is 8.23. The van der Waals surface area contributed by atoms with Crippen molar-refractivity contribution in [1.82, 2.24) is 14.8 Å². The van der Waals surface area contributed by atoms with Gasteiger partial charge in [0.2, 0.25) is 0 Å². The van der Waals surface area contributed by atoms with E-state index in [-0.39, 0.29) is 0 Å². The minimum atomic E-state index is 0.464. The van der Waals surface area contributed by atoms with Crippen molar-refractivity contribution in [2.75, 3.05) is 0 Å². The Bertz CT molecular complexity index is 429. The van der Waals surface area contributed by atoms with Crippen molar-refractivity contribution in [1.29, 1.82) is 0 Å². The van der Waals surface area contributed by atoms with Gasteiger partial charge in [0.1, 0.15) is 0 Å². The first-order valence-electron chi connectivity index (χ1n) is 4.46. The molecule has 0 aliphatic carbocycles. The Kier molecular flexibility index (Phi) is 1.79. The minimum absolute atomic E-state index is 0.464. The molecule has 2 aromatic heterocycles. The van der Waals surface area contributed by atoms with Crippen LogP contribution in [-0.2, 0) is 7.05 Å². The number of hydrogen-bond acceptors (Lipinski definition) is 2. The van der Waals surface area contributed by atoms with Crippen LogP contribution in [0.3, 0.4) is 0 Å². The van der Waals surface area contributed by atoms with Gasteiger partial charge in [0.05, 0.1) is 5.52 Å². The summed E-state index contributed by atoms with van der Waals surface area (Å²) in [4.78, 5) is 4.37. The lowest BCUT2D eigenvalue weighted by atomic mass is 10.1. The molecule has 0 amide bonds. The van der Waals surface area contributed by atoms with Crippen LogP contribution in [0.4, 0.5) is 0 Å². The molecule has 2 rings (SSSR count). The highest BCUT2D eigenvalue weighted by Gasteiger charge is 2.04. The smallest absolute Gasteiger partial charge is 0.0956 e. The van der Waals surface area contributed by atoms with Gasteiger partial charge >= 0.3 is 0 Å². The van der Waals surface area contributed by atoms with E-state index in [2.05, 4.69) is 30.0 Å². The van der Waals surface area contributed by atoms with Crippen molar-refractivity contribution in [3.05, 3.63) is 24.2 Å². The molecule has 0 aliphatic rings. The van der Waals surface area contributed by atoms with Crippen molar-refractivity contribution in [2.45, 2.75) is 19.8 Å². The van der Waals surface area contributed by atoms with E-state index in [1.54, 1.807) is 0 Å². The summed E-state index contributed by atoms with van der Waals surface area (Å²) in [6, 6.07) is 2.06. The standard InChI is InChI=1S/C10H13N3/c1-7(2)9-4-10-8(5-11-9)6-13(3)12-10/h4-7H,1-3H3. The fourth-order valence-electron chi connectivity index (χ4n) is 1.37. The lowest BCUT2D eigenvalue weighted by Gasteiger charge is -2.01. The molecule has 3 heteroatoms. The number of aryl methyl sites for hydroxylation is 1. The Morgan fingerprint density at radius 1 is 1.38 bits per heavy atom. The molecule has 3 nitrogen and oxygen atoms in total. The van der Waals surface area contributed by atoms with Crippen LogP contribution in [0.25, 0.3) is 10.9 Å². The first-order chi connectivity index (χ1) is 6.16. The van der Waals surface area contributed by atoms with Crippen LogP contribution in [0.1, 0.15) is 25.5 Å². The average molecular weight is 175 g/mol. The summed E-state index contributed by atoms with van der Waals surface area (Å²) in [5.74, 6) is 0.464. The summed E-state index contributed by atoms with van der Waals surface area (Å²) >= 11 is 0. The van der Waals surface area contributed by atoms with E-state index in [1.807, 2.05) is 24.1 Å². The molecule has 0 spiro atoms.